The molecule has 1 N–H and O–H groups in total. The first-order valence-electron chi connectivity index (χ1n) is 6.79. The Labute approximate surface area is 139 Å². The summed E-state index contributed by atoms with van der Waals surface area (Å²) in [5.74, 6) is -1.42. The molecule has 0 bridgehead atoms. The Kier molecular flexibility index (Phi) is 3.96. The Morgan fingerprint density at radius 3 is 2.58 bits per heavy atom. The lowest BCUT2D eigenvalue weighted by molar-refractivity contribution is -0.137. The Balaban J connectivity index is 2.13. The highest BCUT2D eigenvalue weighted by Crippen LogP contribution is 2.34. The quantitative estimate of drug-likeness (QED) is 0.755. The molecule has 4 nitrogen and oxygen atoms in total. The van der Waals surface area contributed by atoms with Crippen LogP contribution in [0.15, 0.2) is 42.7 Å². The number of carboxylic acid groups (broad SMARTS) is 1. The van der Waals surface area contributed by atoms with E-state index in [9.17, 15) is 23.1 Å². The first-order chi connectivity index (χ1) is 11.3. The number of carbonyl (C=O) groups is 1. The molecule has 0 amide bonds. The molecule has 0 aliphatic rings. The van der Waals surface area contributed by atoms with Crippen LogP contribution in [0.25, 0.3) is 10.9 Å². The molecule has 0 fully saturated rings. The maximum absolute atomic E-state index is 12.9. The van der Waals surface area contributed by atoms with Crippen molar-refractivity contribution >= 4 is 28.5 Å². The summed E-state index contributed by atoms with van der Waals surface area (Å²) in [6, 6.07) is 6.34. The molecule has 0 saturated carbocycles. The minimum absolute atomic E-state index is 0.205. The molecule has 0 aliphatic carbocycles. The van der Waals surface area contributed by atoms with Crippen LogP contribution in [-0.2, 0) is 12.7 Å². The van der Waals surface area contributed by atoms with Gasteiger partial charge in [0.1, 0.15) is 0 Å². The highest BCUT2D eigenvalue weighted by molar-refractivity contribution is 6.30. The summed E-state index contributed by atoms with van der Waals surface area (Å²) in [4.78, 5) is 15.5. The topological polar surface area (TPSA) is 55.1 Å². The first kappa shape index (κ1) is 16.3. The van der Waals surface area contributed by atoms with Gasteiger partial charge in [-0.1, -0.05) is 11.6 Å². The third kappa shape index (κ3) is 3.07. The van der Waals surface area contributed by atoms with Gasteiger partial charge < -0.3 is 9.67 Å². The minimum atomic E-state index is -4.61. The molecule has 8 heteroatoms. The molecule has 0 aliphatic heterocycles. The summed E-state index contributed by atoms with van der Waals surface area (Å²) in [6.45, 7) is 0.215. The molecule has 2 aromatic heterocycles. The number of benzene rings is 1. The van der Waals surface area contributed by atoms with Gasteiger partial charge in [0.2, 0.25) is 0 Å². The molecule has 0 saturated heterocycles. The van der Waals surface area contributed by atoms with Gasteiger partial charge in [-0.25, -0.2) is 4.79 Å². The maximum Gasteiger partial charge on any atom is 0.416 e. The number of hydrogen-bond acceptors (Lipinski definition) is 2. The van der Waals surface area contributed by atoms with Gasteiger partial charge in [-0.05, 0) is 30.3 Å². The van der Waals surface area contributed by atoms with Gasteiger partial charge in [-0.2, -0.15) is 13.2 Å². The summed E-state index contributed by atoms with van der Waals surface area (Å²) in [7, 11) is 0. The van der Waals surface area contributed by atoms with Crippen molar-refractivity contribution < 1.29 is 23.1 Å². The monoisotopic (exact) mass is 354 g/mol. The van der Waals surface area contributed by atoms with Gasteiger partial charge in [-0.15, -0.1) is 0 Å². The van der Waals surface area contributed by atoms with Crippen molar-refractivity contribution in [2.75, 3.05) is 0 Å². The van der Waals surface area contributed by atoms with Crippen molar-refractivity contribution in [2.45, 2.75) is 12.7 Å². The zero-order valence-corrected chi connectivity index (χ0v) is 12.8. The van der Waals surface area contributed by atoms with Crippen LogP contribution in [0.2, 0.25) is 5.02 Å². The Morgan fingerprint density at radius 2 is 2.00 bits per heavy atom. The van der Waals surface area contributed by atoms with E-state index in [1.54, 1.807) is 16.7 Å². The van der Waals surface area contributed by atoms with Gasteiger partial charge in [0.25, 0.3) is 0 Å². The summed E-state index contributed by atoms with van der Waals surface area (Å²) in [5.41, 5.74) is -0.575. The zero-order chi connectivity index (χ0) is 17.5. The zero-order valence-electron chi connectivity index (χ0n) is 12.0. The van der Waals surface area contributed by atoms with E-state index in [2.05, 4.69) is 4.98 Å². The third-order valence-corrected chi connectivity index (χ3v) is 3.76. The number of aromatic carboxylic acids is 1. The number of fused-ring (bicyclic) bond motifs is 1. The summed E-state index contributed by atoms with van der Waals surface area (Å²) in [6.07, 6.45) is -1.63. The number of pyridine rings is 1. The summed E-state index contributed by atoms with van der Waals surface area (Å²) in [5, 5.41) is 9.97. The second-order valence-electron chi connectivity index (χ2n) is 5.18. The predicted octanol–water partition coefficient (Wildman–Crippen LogP) is 4.46. The van der Waals surface area contributed by atoms with Crippen LogP contribution in [0.5, 0.6) is 0 Å². The fourth-order valence-electron chi connectivity index (χ4n) is 2.48. The van der Waals surface area contributed by atoms with E-state index in [4.69, 9.17) is 11.6 Å². The normalized spacial score (nSPS) is 11.8. The minimum Gasteiger partial charge on any atom is -0.478 e. The van der Waals surface area contributed by atoms with Gasteiger partial charge in [0.05, 0.1) is 33.9 Å². The van der Waals surface area contributed by atoms with Crippen LogP contribution < -0.4 is 0 Å². The van der Waals surface area contributed by atoms with E-state index >= 15 is 0 Å². The van der Waals surface area contributed by atoms with Crippen molar-refractivity contribution in [1.82, 2.24) is 9.55 Å². The van der Waals surface area contributed by atoms with Crippen LogP contribution in [0.4, 0.5) is 13.2 Å². The van der Waals surface area contributed by atoms with Gasteiger partial charge >= 0.3 is 12.1 Å². The van der Waals surface area contributed by atoms with Crippen LogP contribution >= 0.6 is 11.6 Å². The molecular weight excluding hydrogens is 345 g/mol. The lowest BCUT2D eigenvalue weighted by Crippen LogP contribution is -2.10. The van der Waals surface area contributed by atoms with E-state index in [1.807, 2.05) is 0 Å². The highest BCUT2D eigenvalue weighted by atomic mass is 35.5. The van der Waals surface area contributed by atoms with Crippen LogP contribution in [-0.4, -0.2) is 20.6 Å². The molecule has 24 heavy (non-hydrogen) atoms. The molecule has 2 heterocycles. The lowest BCUT2D eigenvalue weighted by Gasteiger charge is -2.11. The van der Waals surface area contributed by atoms with Crippen LogP contribution in [0.3, 0.4) is 0 Å². The fraction of sp³-hybridized carbons (Fsp3) is 0.125. The van der Waals surface area contributed by atoms with Gasteiger partial charge in [-0.3, -0.25) is 4.98 Å². The smallest absolute Gasteiger partial charge is 0.416 e. The Bertz CT molecular complexity index is 917. The SMILES string of the molecule is O=C(O)c1cc(C(F)(F)F)cc2ccn(Cc3ccc(Cl)cn3)c12. The standard InChI is InChI=1S/C16H10ClF3N2O2/c17-11-1-2-12(21-7-11)8-22-4-3-9-5-10(16(18,19)20)6-13(14(9)22)15(23)24/h1-7H,8H2,(H,23,24). The first-order valence-corrected chi connectivity index (χ1v) is 7.17. The van der Waals surface area contributed by atoms with Crippen molar-refractivity contribution in [3.8, 4) is 0 Å². The average Bonchev–Trinajstić information content (AvgIpc) is 2.91. The molecule has 0 spiro atoms. The van der Waals surface area contributed by atoms with Gasteiger partial charge in [0.15, 0.2) is 0 Å². The predicted molar refractivity (Wildman–Crippen MR) is 82.2 cm³/mol. The molecule has 3 rings (SSSR count). The second-order valence-corrected chi connectivity index (χ2v) is 5.61. The highest BCUT2D eigenvalue weighted by Gasteiger charge is 2.32. The number of carboxylic acids is 1. The largest absolute Gasteiger partial charge is 0.478 e. The molecule has 3 aromatic rings. The van der Waals surface area contributed by atoms with Crippen molar-refractivity contribution in [3.05, 3.63) is 64.6 Å². The molecule has 0 atom stereocenters. The molecule has 1 aromatic carbocycles. The van der Waals surface area contributed by atoms with E-state index in [0.717, 1.165) is 6.07 Å². The average molecular weight is 355 g/mol. The number of alkyl halides is 3. The molecule has 0 radical (unpaired) electrons. The molecular formula is C16H10ClF3N2O2. The van der Waals surface area contributed by atoms with E-state index < -0.39 is 23.3 Å². The van der Waals surface area contributed by atoms with Crippen molar-refractivity contribution in [3.63, 3.8) is 0 Å². The molecule has 124 valence electrons. The summed E-state index contributed by atoms with van der Waals surface area (Å²) < 4.78 is 40.3. The summed E-state index contributed by atoms with van der Waals surface area (Å²) >= 11 is 5.76. The number of aromatic nitrogens is 2. The molecule has 0 unspecified atom stereocenters. The Hall–Kier alpha value is -2.54. The second kappa shape index (κ2) is 5.83. The Morgan fingerprint density at radius 1 is 1.25 bits per heavy atom. The van der Waals surface area contributed by atoms with E-state index in [1.165, 1.54) is 18.5 Å². The van der Waals surface area contributed by atoms with E-state index in [0.29, 0.717) is 16.8 Å². The van der Waals surface area contributed by atoms with Crippen LogP contribution in [0.1, 0.15) is 21.6 Å². The van der Waals surface area contributed by atoms with Crippen molar-refractivity contribution in [2.24, 2.45) is 0 Å². The lowest BCUT2D eigenvalue weighted by atomic mass is 10.1. The van der Waals surface area contributed by atoms with Gasteiger partial charge in [0, 0.05) is 17.8 Å². The fourth-order valence-corrected chi connectivity index (χ4v) is 2.59. The van der Waals surface area contributed by atoms with E-state index in [-0.39, 0.29) is 17.4 Å². The third-order valence-electron chi connectivity index (χ3n) is 3.54. The number of halogens is 4. The number of rotatable bonds is 3. The van der Waals surface area contributed by atoms with Crippen LogP contribution in [0, 0.1) is 0 Å². The van der Waals surface area contributed by atoms with Crippen molar-refractivity contribution in [1.29, 1.82) is 0 Å². The maximum atomic E-state index is 12.9. The number of hydrogen-bond donors (Lipinski definition) is 1. The number of nitrogens with zero attached hydrogens (tertiary/aromatic N) is 2.